The molecule has 0 unspecified atom stereocenters. The van der Waals surface area contributed by atoms with Gasteiger partial charge < -0.3 is 0 Å². The SMILES string of the molecule is Cc1c(C#Cc2ccccc2)nc2c(ccc3ccccc32)c1C. The highest BCUT2D eigenvalue weighted by Gasteiger charge is 2.09. The van der Waals surface area contributed by atoms with Crippen LogP contribution in [0, 0.1) is 25.7 Å². The number of aromatic nitrogens is 1. The van der Waals surface area contributed by atoms with Crippen molar-refractivity contribution in [3.8, 4) is 11.8 Å². The number of nitrogens with zero attached hydrogens (tertiary/aromatic N) is 1. The summed E-state index contributed by atoms with van der Waals surface area (Å²) < 4.78 is 0. The molecule has 0 saturated heterocycles. The molecule has 0 radical (unpaired) electrons. The highest BCUT2D eigenvalue weighted by molar-refractivity contribution is 6.06. The third-order valence-corrected chi connectivity index (χ3v) is 4.54. The minimum atomic E-state index is 0.861. The summed E-state index contributed by atoms with van der Waals surface area (Å²) in [5, 5.41) is 3.60. The first-order chi connectivity index (χ1) is 11.7. The van der Waals surface area contributed by atoms with Gasteiger partial charge in [0.15, 0.2) is 0 Å². The van der Waals surface area contributed by atoms with Crippen molar-refractivity contribution in [2.24, 2.45) is 0 Å². The summed E-state index contributed by atoms with van der Waals surface area (Å²) in [5.41, 5.74) is 5.31. The average Bonchev–Trinajstić information content (AvgIpc) is 2.64. The lowest BCUT2D eigenvalue weighted by molar-refractivity contribution is 1.25. The zero-order valence-corrected chi connectivity index (χ0v) is 13.8. The number of aryl methyl sites for hydroxylation is 1. The van der Waals surface area contributed by atoms with Gasteiger partial charge in [0, 0.05) is 16.3 Å². The van der Waals surface area contributed by atoms with Gasteiger partial charge in [0.05, 0.1) is 5.52 Å². The maximum absolute atomic E-state index is 4.91. The summed E-state index contributed by atoms with van der Waals surface area (Å²) >= 11 is 0. The second-order valence-corrected chi connectivity index (χ2v) is 6.01. The Morgan fingerprint density at radius 2 is 1.42 bits per heavy atom. The highest BCUT2D eigenvalue weighted by atomic mass is 14.7. The molecule has 0 saturated carbocycles. The van der Waals surface area contributed by atoms with Gasteiger partial charge in [0.2, 0.25) is 0 Å². The van der Waals surface area contributed by atoms with Crippen LogP contribution in [0.25, 0.3) is 21.7 Å². The summed E-state index contributed by atoms with van der Waals surface area (Å²) in [7, 11) is 0. The smallest absolute Gasteiger partial charge is 0.117 e. The Morgan fingerprint density at radius 3 is 2.25 bits per heavy atom. The van der Waals surface area contributed by atoms with E-state index in [0.717, 1.165) is 22.3 Å². The van der Waals surface area contributed by atoms with Crippen LogP contribution >= 0.6 is 0 Å². The molecule has 1 nitrogen and oxygen atoms in total. The molecular weight excluding hydrogens is 290 g/mol. The van der Waals surface area contributed by atoms with Crippen LogP contribution in [-0.2, 0) is 0 Å². The fraction of sp³-hybridized carbons (Fsp3) is 0.0870. The van der Waals surface area contributed by atoms with E-state index < -0.39 is 0 Å². The maximum Gasteiger partial charge on any atom is 0.117 e. The predicted molar refractivity (Wildman–Crippen MR) is 101 cm³/mol. The summed E-state index contributed by atoms with van der Waals surface area (Å²) in [5.74, 6) is 6.50. The van der Waals surface area contributed by atoms with Crippen LogP contribution in [0.3, 0.4) is 0 Å². The van der Waals surface area contributed by atoms with E-state index in [1.807, 2.05) is 30.3 Å². The molecule has 114 valence electrons. The Balaban J connectivity index is 1.98. The third-order valence-electron chi connectivity index (χ3n) is 4.54. The number of hydrogen-bond donors (Lipinski definition) is 0. The molecular formula is C23H17N. The second-order valence-electron chi connectivity index (χ2n) is 6.01. The van der Waals surface area contributed by atoms with Crippen molar-refractivity contribution in [3.05, 3.63) is 89.1 Å². The molecule has 0 aliphatic heterocycles. The number of hydrogen-bond acceptors (Lipinski definition) is 1. The summed E-state index contributed by atoms with van der Waals surface area (Å²) in [6, 6.07) is 22.8. The first-order valence-corrected chi connectivity index (χ1v) is 8.10. The standard InChI is InChI=1S/C23H17N/c1-16-17(2)22(15-12-18-8-4-3-5-9-18)24-23-20(16)14-13-19-10-6-7-11-21(19)23/h3-11,13-14H,1-2H3. The van der Waals surface area contributed by atoms with Gasteiger partial charge in [0.1, 0.15) is 5.69 Å². The van der Waals surface area contributed by atoms with Crippen LogP contribution in [-0.4, -0.2) is 4.98 Å². The molecule has 0 atom stereocenters. The zero-order chi connectivity index (χ0) is 16.5. The van der Waals surface area contributed by atoms with Crippen molar-refractivity contribution in [2.45, 2.75) is 13.8 Å². The molecule has 0 aliphatic rings. The van der Waals surface area contributed by atoms with Gasteiger partial charge in [-0.3, -0.25) is 0 Å². The molecule has 4 aromatic rings. The second kappa shape index (κ2) is 5.83. The van der Waals surface area contributed by atoms with E-state index >= 15 is 0 Å². The van der Waals surface area contributed by atoms with E-state index in [1.54, 1.807) is 0 Å². The molecule has 0 amide bonds. The van der Waals surface area contributed by atoms with Gasteiger partial charge >= 0.3 is 0 Å². The van der Waals surface area contributed by atoms with Gasteiger partial charge in [-0.2, -0.15) is 0 Å². The Labute approximate surface area is 142 Å². The van der Waals surface area contributed by atoms with Gasteiger partial charge in [-0.15, -0.1) is 0 Å². The van der Waals surface area contributed by atoms with Crippen LogP contribution < -0.4 is 0 Å². The van der Waals surface area contributed by atoms with Crippen molar-refractivity contribution >= 4 is 21.7 Å². The first-order valence-electron chi connectivity index (χ1n) is 8.10. The molecule has 0 fully saturated rings. The van der Waals surface area contributed by atoms with Crippen molar-refractivity contribution in [1.29, 1.82) is 0 Å². The highest BCUT2D eigenvalue weighted by Crippen LogP contribution is 2.28. The monoisotopic (exact) mass is 307 g/mol. The minimum Gasteiger partial charge on any atom is -0.238 e. The number of fused-ring (bicyclic) bond motifs is 3. The van der Waals surface area contributed by atoms with E-state index in [9.17, 15) is 0 Å². The Kier molecular flexibility index (Phi) is 3.52. The average molecular weight is 307 g/mol. The molecule has 0 N–H and O–H groups in total. The Morgan fingerprint density at radius 1 is 0.667 bits per heavy atom. The minimum absolute atomic E-state index is 0.861. The van der Waals surface area contributed by atoms with Crippen LogP contribution in [0.4, 0.5) is 0 Å². The number of benzene rings is 3. The normalized spacial score (nSPS) is 10.6. The van der Waals surface area contributed by atoms with Crippen LogP contribution in [0.2, 0.25) is 0 Å². The maximum atomic E-state index is 4.91. The molecule has 0 spiro atoms. The lowest BCUT2D eigenvalue weighted by atomic mass is 9.99. The van der Waals surface area contributed by atoms with Gasteiger partial charge in [0.25, 0.3) is 0 Å². The summed E-state index contributed by atoms with van der Waals surface area (Å²) in [6.45, 7) is 4.26. The largest absolute Gasteiger partial charge is 0.238 e. The Bertz CT molecular complexity index is 1110. The van der Waals surface area contributed by atoms with Crippen LogP contribution in [0.15, 0.2) is 66.7 Å². The van der Waals surface area contributed by atoms with Crippen molar-refractivity contribution in [3.63, 3.8) is 0 Å². The van der Waals surface area contributed by atoms with E-state index in [-0.39, 0.29) is 0 Å². The molecule has 0 bridgehead atoms. The van der Waals surface area contributed by atoms with Gasteiger partial charge in [-0.25, -0.2) is 4.98 Å². The Hall–Kier alpha value is -3.11. The summed E-state index contributed by atoms with van der Waals surface area (Å²) in [4.78, 5) is 4.91. The summed E-state index contributed by atoms with van der Waals surface area (Å²) in [6.07, 6.45) is 0. The first kappa shape index (κ1) is 14.5. The third kappa shape index (κ3) is 2.43. The van der Waals surface area contributed by atoms with E-state index in [1.165, 1.54) is 21.7 Å². The fourth-order valence-electron chi connectivity index (χ4n) is 3.03. The van der Waals surface area contributed by atoms with E-state index in [2.05, 4.69) is 62.1 Å². The van der Waals surface area contributed by atoms with Crippen molar-refractivity contribution in [1.82, 2.24) is 4.98 Å². The molecule has 0 aliphatic carbocycles. The van der Waals surface area contributed by atoms with E-state index in [0.29, 0.717) is 0 Å². The molecule has 4 rings (SSSR count). The quantitative estimate of drug-likeness (QED) is 0.313. The molecule has 1 aromatic heterocycles. The molecule has 3 aromatic carbocycles. The van der Waals surface area contributed by atoms with Crippen molar-refractivity contribution in [2.75, 3.05) is 0 Å². The lowest BCUT2D eigenvalue weighted by Gasteiger charge is -2.10. The number of rotatable bonds is 0. The van der Waals surface area contributed by atoms with Crippen molar-refractivity contribution < 1.29 is 0 Å². The predicted octanol–water partition coefficient (Wildman–Crippen LogP) is 5.40. The zero-order valence-electron chi connectivity index (χ0n) is 13.8. The van der Waals surface area contributed by atoms with Gasteiger partial charge in [-0.1, -0.05) is 60.5 Å². The fourth-order valence-corrected chi connectivity index (χ4v) is 3.03. The molecule has 24 heavy (non-hydrogen) atoms. The number of pyridine rings is 1. The molecule has 1 heterocycles. The van der Waals surface area contributed by atoms with Gasteiger partial charge in [-0.05, 0) is 48.4 Å². The lowest BCUT2D eigenvalue weighted by Crippen LogP contribution is -1.95. The topological polar surface area (TPSA) is 12.9 Å². The van der Waals surface area contributed by atoms with E-state index in [4.69, 9.17) is 4.98 Å². The van der Waals surface area contributed by atoms with Crippen LogP contribution in [0.1, 0.15) is 22.4 Å². The van der Waals surface area contributed by atoms with Crippen LogP contribution in [0.5, 0.6) is 0 Å². The molecule has 1 heteroatoms.